The van der Waals surface area contributed by atoms with Gasteiger partial charge in [-0.05, 0) is 34.1 Å². The van der Waals surface area contributed by atoms with Crippen molar-refractivity contribution >= 4 is 37.6 Å². The zero-order chi connectivity index (χ0) is 15.5. The van der Waals surface area contributed by atoms with Gasteiger partial charge in [-0.15, -0.1) is 0 Å². The summed E-state index contributed by atoms with van der Waals surface area (Å²) in [7, 11) is -2.17. The second-order valence-corrected chi connectivity index (χ2v) is 7.63. The molecule has 0 atom stereocenters. The molecule has 5 nitrogen and oxygen atoms in total. The van der Waals surface area contributed by atoms with Gasteiger partial charge in [-0.3, -0.25) is 4.98 Å². The molecule has 2 aromatic rings. The van der Waals surface area contributed by atoms with Crippen LogP contribution in [-0.4, -0.2) is 36.3 Å². The third kappa shape index (κ3) is 4.00. The van der Waals surface area contributed by atoms with Crippen molar-refractivity contribution in [3.63, 3.8) is 0 Å². The maximum Gasteiger partial charge on any atom is 0.245 e. The Kier molecular flexibility index (Phi) is 5.32. The van der Waals surface area contributed by atoms with Crippen LogP contribution in [0.2, 0.25) is 5.15 Å². The standard InChI is InChI=1S/C13H13BrClN3O2S/c1-18(7-5-11-4-2-3-6-16-11)21(19,20)12-8-10(14)9-17-13(12)15/h2-4,6,8-9H,5,7H2,1H3. The van der Waals surface area contributed by atoms with Gasteiger partial charge < -0.3 is 0 Å². The van der Waals surface area contributed by atoms with Gasteiger partial charge in [0, 0.05) is 42.6 Å². The quantitative estimate of drug-likeness (QED) is 0.737. The third-order valence-electron chi connectivity index (χ3n) is 2.87. The topological polar surface area (TPSA) is 63.2 Å². The fourth-order valence-electron chi connectivity index (χ4n) is 1.69. The molecule has 0 fully saturated rings. The highest BCUT2D eigenvalue weighted by atomic mass is 79.9. The lowest BCUT2D eigenvalue weighted by atomic mass is 10.3. The summed E-state index contributed by atoms with van der Waals surface area (Å²) in [5.74, 6) is 0. The zero-order valence-electron chi connectivity index (χ0n) is 11.2. The molecule has 0 spiro atoms. The Bertz CT molecular complexity index is 725. The average Bonchev–Trinajstić information content (AvgIpc) is 2.48. The molecule has 2 rings (SSSR count). The number of hydrogen-bond acceptors (Lipinski definition) is 4. The Labute approximate surface area is 137 Å². The molecular weight excluding hydrogens is 378 g/mol. The number of pyridine rings is 2. The summed E-state index contributed by atoms with van der Waals surface area (Å²) in [5, 5.41) is -0.0390. The molecule has 2 aromatic heterocycles. The molecule has 2 heterocycles. The van der Waals surface area contributed by atoms with Crippen molar-refractivity contribution in [2.45, 2.75) is 11.3 Å². The van der Waals surface area contributed by atoms with Crippen LogP contribution in [0, 0.1) is 0 Å². The molecule has 0 aliphatic rings. The summed E-state index contributed by atoms with van der Waals surface area (Å²) < 4.78 is 26.8. The van der Waals surface area contributed by atoms with Crippen LogP contribution in [0.3, 0.4) is 0 Å². The monoisotopic (exact) mass is 389 g/mol. The molecule has 0 saturated carbocycles. The molecule has 0 aromatic carbocycles. The van der Waals surface area contributed by atoms with Crippen molar-refractivity contribution in [1.29, 1.82) is 0 Å². The van der Waals surface area contributed by atoms with Gasteiger partial charge in [0.1, 0.15) is 10.0 Å². The van der Waals surface area contributed by atoms with E-state index in [1.54, 1.807) is 6.20 Å². The van der Waals surface area contributed by atoms with Crippen LogP contribution in [-0.2, 0) is 16.4 Å². The lowest BCUT2D eigenvalue weighted by molar-refractivity contribution is 0.470. The number of sulfonamides is 1. The molecule has 0 aliphatic heterocycles. The van der Waals surface area contributed by atoms with Gasteiger partial charge >= 0.3 is 0 Å². The van der Waals surface area contributed by atoms with Crippen LogP contribution < -0.4 is 0 Å². The summed E-state index contributed by atoms with van der Waals surface area (Å²) in [6.45, 7) is 0.308. The predicted molar refractivity (Wildman–Crippen MR) is 84.7 cm³/mol. The molecule has 112 valence electrons. The maximum absolute atomic E-state index is 12.5. The molecule has 21 heavy (non-hydrogen) atoms. The Balaban J connectivity index is 2.17. The van der Waals surface area contributed by atoms with E-state index in [0.717, 1.165) is 5.69 Å². The molecule has 0 N–H and O–H groups in total. The van der Waals surface area contributed by atoms with Crippen LogP contribution in [0.15, 0.2) is 46.0 Å². The number of rotatable bonds is 5. The summed E-state index contributed by atoms with van der Waals surface area (Å²) in [5.41, 5.74) is 0.831. The van der Waals surface area contributed by atoms with Crippen molar-refractivity contribution in [1.82, 2.24) is 14.3 Å². The van der Waals surface area contributed by atoms with Crippen LogP contribution in [0.1, 0.15) is 5.69 Å². The fourth-order valence-corrected chi connectivity index (χ4v) is 3.78. The van der Waals surface area contributed by atoms with Gasteiger partial charge in [0.2, 0.25) is 10.0 Å². The van der Waals surface area contributed by atoms with Gasteiger partial charge in [-0.1, -0.05) is 17.7 Å². The molecule has 0 saturated heterocycles. The molecule has 0 radical (unpaired) electrons. The smallest absolute Gasteiger partial charge is 0.245 e. The minimum atomic E-state index is -3.68. The number of hydrogen-bond donors (Lipinski definition) is 0. The van der Waals surface area contributed by atoms with Crippen LogP contribution in [0.25, 0.3) is 0 Å². The van der Waals surface area contributed by atoms with Crippen molar-refractivity contribution in [3.05, 3.63) is 52.0 Å². The number of likely N-dealkylation sites (N-methyl/N-ethyl adjacent to an activating group) is 1. The Morgan fingerprint density at radius 3 is 2.76 bits per heavy atom. The van der Waals surface area contributed by atoms with Gasteiger partial charge in [-0.2, -0.15) is 0 Å². The second kappa shape index (κ2) is 6.83. The first kappa shape index (κ1) is 16.4. The summed E-state index contributed by atoms with van der Waals surface area (Å²) in [6, 6.07) is 6.98. The predicted octanol–water partition coefficient (Wildman–Crippen LogP) is 2.76. The average molecular weight is 391 g/mol. The minimum absolute atomic E-state index is 0.0120. The van der Waals surface area contributed by atoms with Gasteiger partial charge in [0.05, 0.1) is 0 Å². The SMILES string of the molecule is CN(CCc1ccccn1)S(=O)(=O)c1cc(Br)cnc1Cl. The first-order valence-electron chi connectivity index (χ1n) is 6.08. The van der Waals surface area contributed by atoms with E-state index in [1.807, 2.05) is 18.2 Å². The van der Waals surface area contributed by atoms with Gasteiger partial charge in [0.25, 0.3) is 0 Å². The van der Waals surface area contributed by atoms with Crippen LogP contribution >= 0.6 is 27.5 Å². The van der Waals surface area contributed by atoms with E-state index in [-0.39, 0.29) is 10.0 Å². The van der Waals surface area contributed by atoms with E-state index in [4.69, 9.17) is 11.6 Å². The number of aromatic nitrogens is 2. The van der Waals surface area contributed by atoms with E-state index in [1.165, 1.54) is 23.6 Å². The van der Waals surface area contributed by atoms with Crippen molar-refractivity contribution in [2.24, 2.45) is 0 Å². The highest BCUT2D eigenvalue weighted by molar-refractivity contribution is 9.10. The third-order valence-corrected chi connectivity index (χ3v) is 5.59. The molecule has 0 aliphatic carbocycles. The maximum atomic E-state index is 12.5. The number of nitrogens with zero attached hydrogens (tertiary/aromatic N) is 3. The molecule has 0 bridgehead atoms. The summed E-state index contributed by atoms with van der Waals surface area (Å²) in [4.78, 5) is 8.00. The zero-order valence-corrected chi connectivity index (χ0v) is 14.4. The summed E-state index contributed by atoms with van der Waals surface area (Å²) >= 11 is 9.09. The molecular formula is C13H13BrClN3O2S. The van der Waals surface area contributed by atoms with Gasteiger partial charge in [-0.25, -0.2) is 17.7 Å². The van der Waals surface area contributed by atoms with E-state index >= 15 is 0 Å². The largest absolute Gasteiger partial charge is 0.261 e. The molecule has 8 heteroatoms. The fraction of sp³-hybridized carbons (Fsp3) is 0.231. The Morgan fingerprint density at radius 2 is 2.10 bits per heavy atom. The molecule has 0 amide bonds. The first-order valence-corrected chi connectivity index (χ1v) is 8.69. The van der Waals surface area contributed by atoms with E-state index in [0.29, 0.717) is 17.4 Å². The number of halogens is 2. The normalized spacial score (nSPS) is 11.8. The Morgan fingerprint density at radius 1 is 1.33 bits per heavy atom. The lowest BCUT2D eigenvalue weighted by Crippen LogP contribution is -2.29. The van der Waals surface area contributed by atoms with Crippen molar-refractivity contribution < 1.29 is 8.42 Å². The highest BCUT2D eigenvalue weighted by Gasteiger charge is 2.24. The molecule has 0 unspecified atom stereocenters. The minimum Gasteiger partial charge on any atom is -0.261 e. The second-order valence-electron chi connectivity index (χ2n) is 4.34. The highest BCUT2D eigenvalue weighted by Crippen LogP contribution is 2.25. The summed E-state index contributed by atoms with van der Waals surface area (Å²) in [6.07, 6.45) is 3.66. The Hall–Kier alpha value is -1.02. The van der Waals surface area contributed by atoms with Crippen molar-refractivity contribution in [3.8, 4) is 0 Å². The first-order chi connectivity index (χ1) is 9.91. The van der Waals surface area contributed by atoms with Crippen LogP contribution in [0.4, 0.5) is 0 Å². The van der Waals surface area contributed by atoms with Crippen LogP contribution in [0.5, 0.6) is 0 Å². The van der Waals surface area contributed by atoms with Gasteiger partial charge in [0.15, 0.2) is 0 Å². The van der Waals surface area contributed by atoms with E-state index < -0.39 is 10.0 Å². The van der Waals surface area contributed by atoms with E-state index in [2.05, 4.69) is 25.9 Å². The van der Waals surface area contributed by atoms with Crippen molar-refractivity contribution in [2.75, 3.05) is 13.6 Å². The lowest BCUT2D eigenvalue weighted by Gasteiger charge is -2.17. The van der Waals surface area contributed by atoms with E-state index in [9.17, 15) is 8.42 Å².